The van der Waals surface area contributed by atoms with Gasteiger partial charge in [-0.05, 0) is 38.2 Å². The fourth-order valence-electron chi connectivity index (χ4n) is 4.08. The van der Waals surface area contributed by atoms with Gasteiger partial charge in [0.05, 0.1) is 23.6 Å². The van der Waals surface area contributed by atoms with Crippen molar-refractivity contribution >= 4 is 11.8 Å². The smallest absolute Gasteiger partial charge is 0.255 e. The number of piperidine rings is 1. The maximum atomic E-state index is 12.6. The monoisotopic (exact) mass is 375 g/mol. The van der Waals surface area contributed by atoms with Gasteiger partial charge in [-0.2, -0.15) is 10.2 Å². The van der Waals surface area contributed by atoms with Gasteiger partial charge in [0, 0.05) is 45.7 Å². The van der Waals surface area contributed by atoms with Gasteiger partial charge in [0.15, 0.2) is 0 Å². The number of nitrogens with zero attached hydrogens (tertiary/aromatic N) is 4. The molecule has 1 aromatic rings. The van der Waals surface area contributed by atoms with Gasteiger partial charge in [0.25, 0.3) is 5.91 Å². The van der Waals surface area contributed by atoms with Crippen LogP contribution in [0.2, 0.25) is 0 Å². The van der Waals surface area contributed by atoms with Crippen LogP contribution in [0.25, 0.3) is 0 Å². The van der Waals surface area contributed by atoms with E-state index in [4.69, 9.17) is 0 Å². The van der Waals surface area contributed by atoms with Crippen molar-refractivity contribution in [1.82, 2.24) is 25.3 Å². The summed E-state index contributed by atoms with van der Waals surface area (Å²) in [5.74, 6) is -0.0322. The molecule has 2 amide bonds. The van der Waals surface area contributed by atoms with E-state index in [2.05, 4.69) is 20.4 Å². The largest absolute Gasteiger partial charge is 0.388 e. The Labute approximate surface area is 159 Å². The zero-order valence-corrected chi connectivity index (χ0v) is 15.9. The first kappa shape index (κ1) is 19.7. The Morgan fingerprint density at radius 1 is 1.22 bits per heavy atom. The summed E-state index contributed by atoms with van der Waals surface area (Å²) in [4.78, 5) is 27.9. The van der Waals surface area contributed by atoms with Gasteiger partial charge in [0.2, 0.25) is 5.91 Å². The van der Waals surface area contributed by atoms with Crippen molar-refractivity contribution in [2.24, 2.45) is 0 Å². The molecule has 1 aromatic heterocycles. The molecule has 0 spiro atoms. The van der Waals surface area contributed by atoms with E-state index in [1.807, 2.05) is 0 Å². The van der Waals surface area contributed by atoms with Crippen molar-refractivity contribution in [3.8, 4) is 0 Å². The van der Waals surface area contributed by atoms with Crippen LogP contribution in [0.15, 0.2) is 18.5 Å². The van der Waals surface area contributed by atoms with Crippen LogP contribution in [-0.2, 0) is 4.79 Å². The van der Waals surface area contributed by atoms with Crippen LogP contribution in [0.1, 0.15) is 49.4 Å². The van der Waals surface area contributed by atoms with Gasteiger partial charge >= 0.3 is 0 Å². The number of carbonyl (C=O) groups excluding carboxylic acids is 2. The lowest BCUT2D eigenvalue weighted by atomic mass is 9.93. The quantitative estimate of drug-likeness (QED) is 0.792. The van der Waals surface area contributed by atoms with Crippen LogP contribution in [-0.4, -0.2) is 81.3 Å². The lowest BCUT2D eigenvalue weighted by Crippen LogP contribution is -2.50. The summed E-state index contributed by atoms with van der Waals surface area (Å²) in [5.41, 5.74) is -0.234. The summed E-state index contributed by atoms with van der Waals surface area (Å²) in [6.07, 6.45) is 6.87. The zero-order valence-electron chi connectivity index (χ0n) is 15.9. The van der Waals surface area contributed by atoms with Gasteiger partial charge in [-0.1, -0.05) is 0 Å². The Kier molecular flexibility index (Phi) is 6.38. The summed E-state index contributed by atoms with van der Waals surface area (Å²) in [5, 5.41) is 21.6. The van der Waals surface area contributed by atoms with E-state index >= 15 is 0 Å². The molecule has 2 saturated heterocycles. The number of carbonyl (C=O) groups is 2. The van der Waals surface area contributed by atoms with Crippen LogP contribution in [0.5, 0.6) is 0 Å². The molecule has 27 heavy (non-hydrogen) atoms. The third-order valence-electron chi connectivity index (χ3n) is 5.55. The minimum Gasteiger partial charge on any atom is -0.388 e. The number of rotatable bonds is 4. The minimum atomic E-state index is -0.771. The lowest BCUT2D eigenvalue weighted by Gasteiger charge is -2.38. The zero-order chi connectivity index (χ0) is 19.3. The maximum Gasteiger partial charge on any atom is 0.255 e. The molecule has 2 N–H and O–H groups in total. The molecule has 8 nitrogen and oxygen atoms in total. The molecular weight excluding hydrogens is 346 g/mol. The summed E-state index contributed by atoms with van der Waals surface area (Å²) in [6, 6.07) is 1.91. The number of hydrogen-bond donors (Lipinski definition) is 2. The molecule has 0 bridgehead atoms. The SMILES string of the molecule is CC(=O)NC1CCN(C[C@]2(O)CCCN(C(=O)c3ccnnc3)CC2)CC1. The van der Waals surface area contributed by atoms with Crippen molar-refractivity contribution in [3.05, 3.63) is 24.0 Å². The van der Waals surface area contributed by atoms with Crippen molar-refractivity contribution in [1.29, 1.82) is 0 Å². The van der Waals surface area contributed by atoms with E-state index in [0.717, 1.165) is 32.4 Å². The highest BCUT2D eigenvalue weighted by molar-refractivity contribution is 5.93. The number of nitrogens with one attached hydrogen (secondary N) is 1. The van der Waals surface area contributed by atoms with Crippen molar-refractivity contribution in [2.45, 2.75) is 50.7 Å². The van der Waals surface area contributed by atoms with Crippen LogP contribution in [0.3, 0.4) is 0 Å². The molecule has 3 rings (SSSR count). The predicted molar refractivity (Wildman–Crippen MR) is 100 cm³/mol. The molecule has 148 valence electrons. The molecule has 0 aromatic carbocycles. The first-order valence-electron chi connectivity index (χ1n) is 9.73. The summed E-state index contributed by atoms with van der Waals surface area (Å²) < 4.78 is 0. The molecule has 0 aliphatic carbocycles. The Morgan fingerprint density at radius 3 is 2.67 bits per heavy atom. The third-order valence-corrected chi connectivity index (χ3v) is 5.55. The number of likely N-dealkylation sites (tertiary alicyclic amines) is 2. The summed E-state index contributed by atoms with van der Waals surface area (Å²) >= 11 is 0. The highest BCUT2D eigenvalue weighted by Crippen LogP contribution is 2.26. The predicted octanol–water partition coefficient (Wildman–Crippen LogP) is 0.434. The third kappa shape index (κ3) is 5.46. The highest BCUT2D eigenvalue weighted by Gasteiger charge is 2.34. The van der Waals surface area contributed by atoms with E-state index in [0.29, 0.717) is 38.0 Å². The molecule has 8 heteroatoms. The first-order valence-corrected chi connectivity index (χ1v) is 9.73. The Balaban J connectivity index is 1.51. The average Bonchev–Trinajstić information content (AvgIpc) is 2.85. The normalized spacial score (nSPS) is 25.0. The molecule has 1 atom stereocenters. The maximum absolute atomic E-state index is 12.6. The van der Waals surface area contributed by atoms with Gasteiger partial charge in [0.1, 0.15) is 0 Å². The van der Waals surface area contributed by atoms with E-state index in [-0.39, 0.29) is 17.9 Å². The molecule has 2 fully saturated rings. The molecule has 0 unspecified atom stereocenters. The lowest BCUT2D eigenvalue weighted by molar-refractivity contribution is -0.120. The number of aromatic nitrogens is 2. The van der Waals surface area contributed by atoms with Crippen LogP contribution < -0.4 is 5.32 Å². The van der Waals surface area contributed by atoms with Gasteiger partial charge in [-0.15, -0.1) is 0 Å². The van der Waals surface area contributed by atoms with Crippen LogP contribution in [0.4, 0.5) is 0 Å². The Hall–Kier alpha value is -2.06. The molecule has 3 heterocycles. The van der Waals surface area contributed by atoms with Crippen molar-refractivity contribution < 1.29 is 14.7 Å². The van der Waals surface area contributed by atoms with E-state index in [9.17, 15) is 14.7 Å². The second-order valence-electron chi connectivity index (χ2n) is 7.75. The fourth-order valence-corrected chi connectivity index (χ4v) is 4.08. The molecular formula is C19H29N5O3. The van der Waals surface area contributed by atoms with Crippen molar-refractivity contribution in [3.63, 3.8) is 0 Å². The topological polar surface area (TPSA) is 98.7 Å². The highest BCUT2D eigenvalue weighted by atomic mass is 16.3. The van der Waals surface area contributed by atoms with Crippen LogP contribution in [0, 0.1) is 0 Å². The molecule has 0 saturated carbocycles. The second-order valence-corrected chi connectivity index (χ2v) is 7.75. The van der Waals surface area contributed by atoms with Gasteiger partial charge in [-0.3, -0.25) is 9.59 Å². The number of hydrogen-bond acceptors (Lipinski definition) is 6. The van der Waals surface area contributed by atoms with Gasteiger partial charge in [-0.25, -0.2) is 0 Å². The van der Waals surface area contributed by atoms with E-state index in [1.165, 1.54) is 12.4 Å². The first-order chi connectivity index (χ1) is 13.0. The Morgan fingerprint density at radius 2 is 2.00 bits per heavy atom. The number of aliphatic hydroxyl groups is 1. The summed E-state index contributed by atoms with van der Waals surface area (Å²) in [6.45, 7) is 5.11. The van der Waals surface area contributed by atoms with E-state index in [1.54, 1.807) is 17.9 Å². The van der Waals surface area contributed by atoms with Gasteiger partial charge < -0.3 is 20.2 Å². The second kappa shape index (κ2) is 8.75. The standard InChI is InChI=1S/C19H29N5O3/c1-15(25)22-17-4-10-23(11-5-17)14-19(27)6-2-9-24(12-7-19)18(26)16-3-8-20-21-13-16/h3,8,13,17,27H,2,4-7,9-12,14H2,1H3,(H,22,25)/t19-/m0/s1. The van der Waals surface area contributed by atoms with Crippen molar-refractivity contribution in [2.75, 3.05) is 32.7 Å². The molecule has 2 aliphatic rings. The van der Waals surface area contributed by atoms with E-state index < -0.39 is 5.60 Å². The average molecular weight is 375 g/mol. The molecule has 2 aliphatic heterocycles. The fraction of sp³-hybridized carbons (Fsp3) is 0.684. The number of β-amino-alcohol motifs (C(OH)–C–C–N with tert-alkyl or cyclic N) is 1. The molecule has 0 radical (unpaired) electrons. The van der Waals surface area contributed by atoms with Crippen LogP contribution >= 0.6 is 0 Å². The minimum absolute atomic E-state index is 0.0185. The summed E-state index contributed by atoms with van der Waals surface area (Å²) in [7, 11) is 0. The Bertz CT molecular complexity index is 648. The number of amides is 2.